The predicted molar refractivity (Wildman–Crippen MR) is 106 cm³/mol. The number of hydrogen-bond donors (Lipinski definition) is 0. The molecule has 6 nitrogen and oxygen atoms in total. The van der Waals surface area contributed by atoms with Gasteiger partial charge in [-0.3, -0.25) is 0 Å². The van der Waals surface area contributed by atoms with E-state index in [0.717, 1.165) is 41.4 Å². The molecule has 2 aromatic heterocycles. The minimum atomic E-state index is 0.187. The van der Waals surface area contributed by atoms with Gasteiger partial charge in [0, 0.05) is 24.4 Å². The molecular formula is C21H27N5O. The molecule has 142 valence electrons. The fourth-order valence-electron chi connectivity index (χ4n) is 4.76. The molecule has 27 heavy (non-hydrogen) atoms. The molecule has 1 saturated heterocycles. The van der Waals surface area contributed by atoms with Gasteiger partial charge in [-0.25, -0.2) is 9.38 Å². The van der Waals surface area contributed by atoms with E-state index < -0.39 is 0 Å². The van der Waals surface area contributed by atoms with Crippen molar-refractivity contribution in [1.29, 1.82) is 0 Å². The molecule has 2 aliphatic rings. The molecule has 6 heteroatoms. The van der Waals surface area contributed by atoms with Gasteiger partial charge < -0.3 is 9.64 Å². The van der Waals surface area contributed by atoms with E-state index in [9.17, 15) is 0 Å². The molecule has 2 fully saturated rings. The van der Waals surface area contributed by atoms with Crippen LogP contribution in [0.25, 0.3) is 16.6 Å². The molecule has 1 saturated carbocycles. The Balaban J connectivity index is 1.72. The van der Waals surface area contributed by atoms with E-state index in [1.54, 1.807) is 0 Å². The first kappa shape index (κ1) is 16.9. The molecule has 5 rings (SSSR count). The summed E-state index contributed by atoms with van der Waals surface area (Å²) in [6.45, 7) is 5.95. The minimum absolute atomic E-state index is 0.187. The third-order valence-electron chi connectivity index (χ3n) is 5.93. The van der Waals surface area contributed by atoms with Crippen LogP contribution in [-0.2, 0) is 4.74 Å². The average Bonchev–Trinajstić information content (AvgIpc) is 3.13. The number of rotatable bonds is 2. The number of aromatic nitrogens is 4. The lowest BCUT2D eigenvalue weighted by Crippen LogP contribution is -2.46. The molecule has 3 aromatic rings. The van der Waals surface area contributed by atoms with Crippen molar-refractivity contribution in [3.63, 3.8) is 0 Å². The van der Waals surface area contributed by atoms with Crippen LogP contribution in [0.15, 0.2) is 24.3 Å². The fraction of sp³-hybridized carbons (Fsp3) is 0.571. The highest BCUT2D eigenvalue weighted by molar-refractivity contribution is 5.92. The van der Waals surface area contributed by atoms with Crippen molar-refractivity contribution in [3.8, 4) is 0 Å². The highest BCUT2D eigenvalue weighted by Gasteiger charge is 2.29. The van der Waals surface area contributed by atoms with Crippen LogP contribution in [0.4, 0.5) is 5.95 Å². The van der Waals surface area contributed by atoms with E-state index in [-0.39, 0.29) is 12.2 Å². The van der Waals surface area contributed by atoms with Crippen LogP contribution in [-0.4, -0.2) is 44.9 Å². The van der Waals surface area contributed by atoms with E-state index >= 15 is 0 Å². The van der Waals surface area contributed by atoms with E-state index in [0.29, 0.717) is 5.92 Å². The smallest absolute Gasteiger partial charge is 0.213 e. The Morgan fingerprint density at radius 3 is 2.48 bits per heavy atom. The van der Waals surface area contributed by atoms with Crippen LogP contribution in [0.5, 0.6) is 0 Å². The third kappa shape index (κ3) is 2.96. The Morgan fingerprint density at radius 1 is 0.963 bits per heavy atom. The lowest BCUT2D eigenvalue weighted by atomic mass is 9.89. The van der Waals surface area contributed by atoms with Gasteiger partial charge in [-0.05, 0) is 38.8 Å². The number of fused-ring (bicyclic) bond motifs is 3. The van der Waals surface area contributed by atoms with Gasteiger partial charge >= 0.3 is 0 Å². The molecule has 2 atom stereocenters. The molecule has 1 aliphatic carbocycles. The Morgan fingerprint density at radius 2 is 1.70 bits per heavy atom. The largest absolute Gasteiger partial charge is 0.372 e. The second kappa shape index (κ2) is 6.75. The molecule has 0 bridgehead atoms. The Kier molecular flexibility index (Phi) is 4.23. The second-order valence-corrected chi connectivity index (χ2v) is 8.14. The van der Waals surface area contributed by atoms with Gasteiger partial charge in [0.1, 0.15) is 5.82 Å². The summed E-state index contributed by atoms with van der Waals surface area (Å²) in [6.07, 6.45) is 6.66. The summed E-state index contributed by atoms with van der Waals surface area (Å²) >= 11 is 0. The average molecular weight is 365 g/mol. The van der Waals surface area contributed by atoms with Crippen molar-refractivity contribution in [3.05, 3.63) is 30.1 Å². The summed E-state index contributed by atoms with van der Waals surface area (Å²) in [5.74, 6) is 2.53. The summed E-state index contributed by atoms with van der Waals surface area (Å²) in [5, 5.41) is 10.4. The first-order valence-electron chi connectivity index (χ1n) is 10.2. The van der Waals surface area contributed by atoms with Crippen LogP contribution in [0.3, 0.4) is 0 Å². The summed E-state index contributed by atoms with van der Waals surface area (Å²) in [6, 6.07) is 8.27. The molecule has 0 N–H and O–H groups in total. The molecule has 1 aromatic carbocycles. The SMILES string of the molecule is CC1CN(c2nc3ccccc3c3nnc(C4CCCCC4)n23)CC(C)O1. The zero-order chi connectivity index (χ0) is 18.4. The normalized spacial score (nSPS) is 24.7. The number of hydrogen-bond acceptors (Lipinski definition) is 5. The fourth-order valence-corrected chi connectivity index (χ4v) is 4.76. The first-order chi connectivity index (χ1) is 13.2. The summed E-state index contributed by atoms with van der Waals surface area (Å²) in [4.78, 5) is 7.43. The Bertz CT molecular complexity index is 952. The van der Waals surface area contributed by atoms with Crippen LogP contribution in [0.1, 0.15) is 57.7 Å². The van der Waals surface area contributed by atoms with Crippen molar-refractivity contribution in [2.75, 3.05) is 18.0 Å². The quantitative estimate of drug-likeness (QED) is 0.688. The first-order valence-corrected chi connectivity index (χ1v) is 10.2. The van der Waals surface area contributed by atoms with Crippen LogP contribution in [0.2, 0.25) is 0 Å². The molecule has 2 unspecified atom stereocenters. The van der Waals surface area contributed by atoms with Crippen LogP contribution < -0.4 is 4.90 Å². The highest BCUT2D eigenvalue weighted by atomic mass is 16.5. The maximum absolute atomic E-state index is 5.96. The van der Waals surface area contributed by atoms with Crippen molar-refractivity contribution in [2.45, 2.75) is 64.1 Å². The summed E-state index contributed by atoms with van der Waals surface area (Å²) in [5.41, 5.74) is 1.91. The van der Waals surface area contributed by atoms with E-state index in [1.807, 2.05) is 6.07 Å². The van der Waals surface area contributed by atoms with E-state index in [4.69, 9.17) is 9.72 Å². The molecule has 0 radical (unpaired) electrons. The molecule has 0 spiro atoms. The van der Waals surface area contributed by atoms with Gasteiger partial charge in [-0.1, -0.05) is 31.4 Å². The Hall–Kier alpha value is -2.21. The summed E-state index contributed by atoms with van der Waals surface area (Å²) < 4.78 is 8.19. The van der Waals surface area contributed by atoms with Gasteiger partial charge in [0.25, 0.3) is 0 Å². The number of nitrogens with zero attached hydrogens (tertiary/aromatic N) is 5. The van der Waals surface area contributed by atoms with Crippen molar-refractivity contribution in [1.82, 2.24) is 19.6 Å². The molecule has 1 aliphatic heterocycles. The lowest BCUT2D eigenvalue weighted by Gasteiger charge is -2.36. The number of benzene rings is 1. The topological polar surface area (TPSA) is 55.6 Å². The minimum Gasteiger partial charge on any atom is -0.372 e. The zero-order valence-electron chi connectivity index (χ0n) is 16.1. The summed E-state index contributed by atoms with van der Waals surface area (Å²) in [7, 11) is 0. The van der Waals surface area contributed by atoms with Crippen LogP contribution >= 0.6 is 0 Å². The molecule has 0 amide bonds. The van der Waals surface area contributed by atoms with Gasteiger partial charge in [-0.15, -0.1) is 10.2 Å². The number of ether oxygens (including phenoxy) is 1. The monoisotopic (exact) mass is 365 g/mol. The maximum Gasteiger partial charge on any atom is 0.213 e. The van der Waals surface area contributed by atoms with Crippen molar-refractivity contribution >= 4 is 22.5 Å². The zero-order valence-corrected chi connectivity index (χ0v) is 16.1. The van der Waals surface area contributed by atoms with Crippen molar-refractivity contribution in [2.24, 2.45) is 0 Å². The lowest BCUT2D eigenvalue weighted by molar-refractivity contribution is -0.00578. The second-order valence-electron chi connectivity index (χ2n) is 8.14. The molecule has 3 heterocycles. The van der Waals surface area contributed by atoms with Crippen molar-refractivity contribution < 1.29 is 4.74 Å². The van der Waals surface area contributed by atoms with Gasteiger partial charge in [-0.2, -0.15) is 0 Å². The predicted octanol–water partition coefficient (Wildman–Crippen LogP) is 3.94. The molecular weight excluding hydrogens is 338 g/mol. The highest BCUT2D eigenvalue weighted by Crippen LogP contribution is 2.35. The van der Waals surface area contributed by atoms with Gasteiger partial charge in [0.2, 0.25) is 5.95 Å². The van der Waals surface area contributed by atoms with E-state index in [1.165, 1.54) is 32.1 Å². The van der Waals surface area contributed by atoms with E-state index in [2.05, 4.69) is 51.5 Å². The maximum atomic E-state index is 5.96. The number of anilines is 1. The third-order valence-corrected chi connectivity index (χ3v) is 5.93. The van der Waals surface area contributed by atoms with Crippen LogP contribution in [0, 0.1) is 0 Å². The van der Waals surface area contributed by atoms with Gasteiger partial charge in [0.05, 0.1) is 17.7 Å². The number of morpholine rings is 1. The Labute approximate surface area is 159 Å². The van der Waals surface area contributed by atoms with Gasteiger partial charge in [0.15, 0.2) is 5.65 Å². The standard InChI is InChI=1S/C21H27N5O/c1-14-12-25(13-15(2)27-14)21-22-18-11-7-6-10-17(18)20-24-23-19(26(20)21)16-8-4-3-5-9-16/h6-7,10-11,14-16H,3-5,8-9,12-13H2,1-2H3. The number of para-hydroxylation sites is 1.